The van der Waals surface area contributed by atoms with Crippen LogP contribution in [0.2, 0.25) is 4.47 Å². The number of aromatic nitrogens is 1. The lowest BCUT2D eigenvalue weighted by Gasteiger charge is -2.33. The largest absolute Gasteiger partial charge is 0.393 e. The number of piperidine rings is 1. The van der Waals surface area contributed by atoms with Gasteiger partial charge in [-0.25, -0.2) is 4.98 Å². The lowest BCUT2D eigenvalue weighted by Crippen LogP contribution is -2.41. The van der Waals surface area contributed by atoms with Crippen LogP contribution < -0.4 is 0 Å². The number of hydrogen-bond acceptors (Lipinski definition) is 3. The highest BCUT2D eigenvalue weighted by Crippen LogP contribution is 2.33. The van der Waals surface area contributed by atoms with Gasteiger partial charge in [0, 0.05) is 24.2 Å². The molecule has 0 saturated carbocycles. The molecule has 1 atom stereocenters. The van der Waals surface area contributed by atoms with Crippen LogP contribution in [0.5, 0.6) is 0 Å². The van der Waals surface area contributed by atoms with Crippen molar-refractivity contribution in [2.24, 2.45) is 5.92 Å². The van der Waals surface area contributed by atoms with Crippen molar-refractivity contribution in [2.75, 3.05) is 13.1 Å². The van der Waals surface area contributed by atoms with E-state index in [0.717, 1.165) is 4.88 Å². The smallest absolute Gasteiger partial charge is 0.298 e. The van der Waals surface area contributed by atoms with E-state index in [1.807, 2.05) is 4.90 Å². The minimum Gasteiger partial charge on any atom is -0.298 e. The molecule has 7 heteroatoms. The molecule has 0 spiro atoms. The first kappa shape index (κ1) is 13.1. The molecular weight excluding hydrogens is 273 g/mol. The molecule has 0 N–H and O–H groups in total. The summed E-state index contributed by atoms with van der Waals surface area (Å²) < 4.78 is 38.2. The van der Waals surface area contributed by atoms with Crippen molar-refractivity contribution in [1.29, 1.82) is 0 Å². The average Bonchev–Trinajstić information content (AvgIpc) is 2.63. The third-order valence-electron chi connectivity index (χ3n) is 2.87. The van der Waals surface area contributed by atoms with Crippen molar-refractivity contribution < 1.29 is 13.2 Å². The molecule has 17 heavy (non-hydrogen) atoms. The molecule has 2 heterocycles. The number of thiazole rings is 1. The molecule has 0 aliphatic carbocycles. The van der Waals surface area contributed by atoms with E-state index in [0.29, 0.717) is 24.0 Å². The lowest BCUT2D eigenvalue weighted by molar-refractivity contribution is -0.187. The standard InChI is InChI=1S/C10H12ClF3N2S/c11-9-15-4-8(17-9)6-16-3-1-2-7(5-16)10(12,13)14/h4,7H,1-3,5-6H2. The number of halogens is 4. The van der Waals surface area contributed by atoms with Gasteiger partial charge in [0.15, 0.2) is 4.47 Å². The summed E-state index contributed by atoms with van der Waals surface area (Å²) in [4.78, 5) is 6.62. The second-order valence-corrected chi connectivity index (χ2v) is 5.89. The van der Waals surface area contributed by atoms with Crippen LogP contribution in [0, 0.1) is 5.92 Å². The minimum absolute atomic E-state index is 0.0824. The maximum Gasteiger partial charge on any atom is 0.393 e. The zero-order chi connectivity index (χ0) is 12.5. The molecule has 1 unspecified atom stereocenters. The number of likely N-dealkylation sites (tertiary alicyclic amines) is 1. The normalized spacial score (nSPS) is 22.9. The molecule has 2 nitrogen and oxygen atoms in total. The fourth-order valence-corrected chi connectivity index (χ4v) is 3.06. The van der Waals surface area contributed by atoms with Crippen molar-refractivity contribution >= 4 is 22.9 Å². The predicted molar refractivity (Wildman–Crippen MR) is 61.2 cm³/mol. The Labute approximate surface area is 106 Å². The van der Waals surface area contributed by atoms with Crippen molar-refractivity contribution in [1.82, 2.24) is 9.88 Å². The van der Waals surface area contributed by atoms with Crippen LogP contribution >= 0.6 is 22.9 Å². The Hall–Kier alpha value is -0.330. The van der Waals surface area contributed by atoms with Crippen molar-refractivity contribution in [3.05, 3.63) is 15.5 Å². The van der Waals surface area contributed by atoms with Crippen LogP contribution in [-0.4, -0.2) is 29.1 Å². The highest BCUT2D eigenvalue weighted by atomic mass is 35.5. The molecule has 0 aromatic carbocycles. The van der Waals surface area contributed by atoms with Crippen molar-refractivity contribution in [2.45, 2.75) is 25.6 Å². The second kappa shape index (κ2) is 5.12. The van der Waals surface area contributed by atoms with Crippen LogP contribution in [0.1, 0.15) is 17.7 Å². The van der Waals surface area contributed by atoms with Crippen LogP contribution in [0.25, 0.3) is 0 Å². The van der Waals surface area contributed by atoms with Gasteiger partial charge in [0.1, 0.15) is 0 Å². The summed E-state index contributed by atoms with van der Waals surface area (Å²) in [6, 6.07) is 0. The molecule has 1 aliphatic heterocycles. The Morgan fingerprint density at radius 3 is 2.88 bits per heavy atom. The first-order chi connectivity index (χ1) is 7.95. The summed E-state index contributed by atoms with van der Waals surface area (Å²) in [7, 11) is 0. The van der Waals surface area contributed by atoms with Crippen LogP contribution in [0.4, 0.5) is 13.2 Å². The Morgan fingerprint density at radius 2 is 2.29 bits per heavy atom. The van der Waals surface area contributed by atoms with E-state index in [1.165, 1.54) is 11.3 Å². The number of rotatable bonds is 2. The monoisotopic (exact) mass is 284 g/mol. The van der Waals surface area contributed by atoms with Gasteiger partial charge in [-0.05, 0) is 19.4 Å². The SMILES string of the molecule is FC(F)(F)C1CCCN(Cc2cnc(Cl)s2)C1. The molecule has 1 aromatic heterocycles. The van der Waals surface area contributed by atoms with Gasteiger partial charge >= 0.3 is 6.18 Å². The fourth-order valence-electron chi connectivity index (χ4n) is 2.04. The summed E-state index contributed by atoms with van der Waals surface area (Å²) >= 11 is 7.01. The van der Waals surface area contributed by atoms with E-state index in [4.69, 9.17) is 11.6 Å². The van der Waals surface area contributed by atoms with Gasteiger partial charge in [-0.2, -0.15) is 13.2 Å². The predicted octanol–water partition coefficient (Wildman–Crippen LogP) is 3.57. The van der Waals surface area contributed by atoms with E-state index in [1.54, 1.807) is 6.20 Å². The summed E-state index contributed by atoms with van der Waals surface area (Å²) in [5, 5.41) is 0. The molecular formula is C10H12ClF3N2S. The summed E-state index contributed by atoms with van der Waals surface area (Å²) in [6.45, 7) is 1.30. The summed E-state index contributed by atoms with van der Waals surface area (Å²) in [5.41, 5.74) is 0. The molecule has 1 saturated heterocycles. The van der Waals surface area contributed by atoms with E-state index in [2.05, 4.69) is 4.98 Å². The van der Waals surface area contributed by atoms with Crippen molar-refractivity contribution in [3.63, 3.8) is 0 Å². The van der Waals surface area contributed by atoms with E-state index < -0.39 is 12.1 Å². The van der Waals surface area contributed by atoms with Gasteiger partial charge in [0.2, 0.25) is 0 Å². The third kappa shape index (κ3) is 3.56. The van der Waals surface area contributed by atoms with Crippen LogP contribution in [-0.2, 0) is 6.54 Å². The Balaban J connectivity index is 1.94. The molecule has 0 radical (unpaired) electrons. The molecule has 96 valence electrons. The zero-order valence-corrected chi connectivity index (χ0v) is 10.6. The Morgan fingerprint density at radius 1 is 1.53 bits per heavy atom. The van der Waals surface area contributed by atoms with Crippen LogP contribution in [0.3, 0.4) is 0 Å². The molecule has 2 rings (SSSR count). The molecule has 1 aromatic rings. The summed E-state index contributed by atoms with van der Waals surface area (Å²) in [5.74, 6) is -1.19. The maximum atomic E-state index is 12.6. The fraction of sp³-hybridized carbons (Fsp3) is 0.700. The highest BCUT2D eigenvalue weighted by Gasteiger charge is 2.41. The third-order valence-corrected chi connectivity index (χ3v) is 3.97. The zero-order valence-electron chi connectivity index (χ0n) is 9.00. The van der Waals surface area contributed by atoms with E-state index >= 15 is 0 Å². The highest BCUT2D eigenvalue weighted by molar-refractivity contribution is 7.15. The van der Waals surface area contributed by atoms with Crippen LogP contribution in [0.15, 0.2) is 6.20 Å². The quantitative estimate of drug-likeness (QED) is 0.825. The van der Waals surface area contributed by atoms with Gasteiger partial charge in [-0.15, -0.1) is 11.3 Å². The first-order valence-electron chi connectivity index (χ1n) is 5.34. The molecule has 0 amide bonds. The minimum atomic E-state index is -4.08. The number of nitrogens with zero attached hydrogens (tertiary/aromatic N) is 2. The van der Waals surface area contributed by atoms with Gasteiger partial charge in [-0.1, -0.05) is 11.6 Å². The first-order valence-corrected chi connectivity index (χ1v) is 6.54. The number of hydrogen-bond donors (Lipinski definition) is 0. The van der Waals surface area contributed by atoms with Gasteiger partial charge in [0.25, 0.3) is 0 Å². The lowest BCUT2D eigenvalue weighted by atomic mass is 9.97. The Bertz CT molecular complexity index is 380. The van der Waals surface area contributed by atoms with Gasteiger partial charge in [0.05, 0.1) is 5.92 Å². The average molecular weight is 285 g/mol. The maximum absolute atomic E-state index is 12.6. The molecule has 1 aliphatic rings. The topological polar surface area (TPSA) is 16.1 Å². The second-order valence-electron chi connectivity index (χ2n) is 4.20. The van der Waals surface area contributed by atoms with Gasteiger partial charge in [-0.3, -0.25) is 4.90 Å². The van der Waals surface area contributed by atoms with E-state index in [-0.39, 0.29) is 13.0 Å². The molecule has 1 fully saturated rings. The van der Waals surface area contributed by atoms with Gasteiger partial charge < -0.3 is 0 Å². The van der Waals surface area contributed by atoms with Crippen molar-refractivity contribution in [3.8, 4) is 0 Å². The summed E-state index contributed by atoms with van der Waals surface area (Å²) in [6.07, 6.45) is -1.62. The number of alkyl halides is 3. The Kier molecular flexibility index (Phi) is 3.95. The van der Waals surface area contributed by atoms with E-state index in [9.17, 15) is 13.2 Å². The molecule has 0 bridgehead atoms.